The minimum absolute atomic E-state index is 0.0251. The second-order valence-corrected chi connectivity index (χ2v) is 9.00. The highest BCUT2D eigenvalue weighted by atomic mass is 16.6. The molecule has 0 spiro atoms. The van der Waals surface area contributed by atoms with E-state index in [2.05, 4.69) is 26.1 Å². The quantitative estimate of drug-likeness (QED) is 0.366. The zero-order chi connectivity index (χ0) is 24.8. The zero-order valence-corrected chi connectivity index (χ0v) is 19.5. The van der Waals surface area contributed by atoms with Gasteiger partial charge in [0.2, 0.25) is 0 Å². The number of hydrogen-bond acceptors (Lipinski definition) is 6. The van der Waals surface area contributed by atoms with Crippen LogP contribution in [-0.4, -0.2) is 34.6 Å². The minimum Gasteiger partial charge on any atom is -0.478 e. The molecule has 0 bridgehead atoms. The number of carboxylic acid groups (broad SMARTS) is 1. The second-order valence-electron chi connectivity index (χ2n) is 9.00. The lowest BCUT2D eigenvalue weighted by Crippen LogP contribution is -2.38. The monoisotopic (exact) mass is 470 g/mol. The summed E-state index contributed by atoms with van der Waals surface area (Å²) in [6.45, 7) is 6.32. The summed E-state index contributed by atoms with van der Waals surface area (Å²) in [5.74, 6) is 0.164. The Morgan fingerprint density at radius 1 is 1.18 bits per heavy atom. The molecule has 1 amide bonds. The van der Waals surface area contributed by atoms with Crippen molar-refractivity contribution >= 4 is 23.3 Å². The summed E-state index contributed by atoms with van der Waals surface area (Å²) >= 11 is 0. The molecule has 3 unspecified atom stereocenters. The van der Waals surface area contributed by atoms with E-state index in [0.29, 0.717) is 17.8 Å². The normalized spacial score (nSPS) is 20.1. The smallest absolute Gasteiger partial charge is 0.335 e. The molecule has 1 aliphatic carbocycles. The first kappa shape index (κ1) is 25.2. The Morgan fingerprint density at radius 3 is 2.59 bits per heavy atom. The Labute approximate surface area is 198 Å². The number of anilines is 1. The van der Waals surface area contributed by atoms with Gasteiger partial charge in [-0.2, -0.15) is 0 Å². The molecule has 2 aromatic rings. The number of carbonyl (C=O) groups excluding carboxylic acids is 1. The summed E-state index contributed by atoms with van der Waals surface area (Å²) in [6, 6.07) is 9.80. The summed E-state index contributed by atoms with van der Waals surface area (Å²) in [6.07, 6.45) is 3.05. The summed E-state index contributed by atoms with van der Waals surface area (Å²) < 4.78 is 11.6. The lowest BCUT2D eigenvalue weighted by atomic mass is 9.72. The fraction of sp³-hybridized carbons (Fsp3) is 0.440. The number of carbonyl (C=O) groups is 2. The van der Waals surface area contributed by atoms with E-state index in [9.17, 15) is 19.7 Å². The molecule has 0 aliphatic heterocycles. The molecule has 9 nitrogen and oxygen atoms in total. The van der Waals surface area contributed by atoms with Crippen LogP contribution in [0.25, 0.3) is 0 Å². The standard InChI is InChI=1S/C25H30N2O7/c1-15(2)24-16(3)6-4-9-22(24)33-14-23(28)26-20-13-19(10-11-21(20)27(31)32)34-18-8-5-7-17(12-18)25(29)30/h5,7-8,10-13,15-16,22,24H,4,6,9,14H2,1-3H3,(H,26,28)(H,29,30). The fourth-order valence-electron chi connectivity index (χ4n) is 4.71. The molecule has 2 aromatic carbocycles. The van der Waals surface area contributed by atoms with Crippen molar-refractivity contribution < 1.29 is 29.1 Å². The zero-order valence-electron chi connectivity index (χ0n) is 19.5. The molecular weight excluding hydrogens is 440 g/mol. The number of hydrogen-bond donors (Lipinski definition) is 2. The highest BCUT2D eigenvalue weighted by Gasteiger charge is 2.34. The van der Waals surface area contributed by atoms with Gasteiger partial charge >= 0.3 is 5.97 Å². The first-order valence-corrected chi connectivity index (χ1v) is 11.4. The largest absolute Gasteiger partial charge is 0.478 e. The van der Waals surface area contributed by atoms with Crippen molar-refractivity contribution in [2.45, 2.75) is 46.1 Å². The molecule has 182 valence electrons. The van der Waals surface area contributed by atoms with Gasteiger partial charge in [-0.3, -0.25) is 14.9 Å². The van der Waals surface area contributed by atoms with Gasteiger partial charge in [0.1, 0.15) is 23.8 Å². The van der Waals surface area contributed by atoms with Crippen LogP contribution < -0.4 is 10.1 Å². The lowest BCUT2D eigenvalue weighted by molar-refractivity contribution is -0.383. The highest BCUT2D eigenvalue weighted by molar-refractivity contribution is 5.94. The van der Waals surface area contributed by atoms with E-state index < -0.39 is 16.8 Å². The van der Waals surface area contributed by atoms with Crippen LogP contribution in [0, 0.1) is 27.9 Å². The minimum atomic E-state index is -1.10. The van der Waals surface area contributed by atoms with Crippen molar-refractivity contribution in [2.75, 3.05) is 11.9 Å². The number of rotatable bonds is 9. The van der Waals surface area contributed by atoms with Crippen LogP contribution in [0.5, 0.6) is 11.5 Å². The lowest BCUT2D eigenvalue weighted by Gasteiger charge is -2.38. The summed E-state index contributed by atoms with van der Waals surface area (Å²) in [5, 5.41) is 23.2. The summed E-state index contributed by atoms with van der Waals surface area (Å²) in [4.78, 5) is 34.6. The van der Waals surface area contributed by atoms with Gasteiger partial charge < -0.3 is 19.9 Å². The van der Waals surface area contributed by atoms with E-state index in [1.807, 2.05) is 0 Å². The number of amides is 1. The summed E-state index contributed by atoms with van der Waals surface area (Å²) in [5.41, 5.74) is -0.268. The van der Waals surface area contributed by atoms with Gasteiger partial charge in [0.15, 0.2) is 0 Å². The Morgan fingerprint density at radius 2 is 1.91 bits per heavy atom. The predicted octanol–water partition coefficient (Wildman–Crippen LogP) is 5.50. The van der Waals surface area contributed by atoms with Crippen LogP contribution in [0.15, 0.2) is 42.5 Å². The molecule has 3 atom stereocenters. The topological polar surface area (TPSA) is 128 Å². The molecular formula is C25H30N2O7. The molecule has 0 heterocycles. The van der Waals surface area contributed by atoms with Gasteiger partial charge in [-0.15, -0.1) is 0 Å². The number of nitrogens with one attached hydrogen (secondary N) is 1. The number of nitro groups is 1. The first-order valence-electron chi connectivity index (χ1n) is 11.4. The van der Waals surface area contributed by atoms with Crippen molar-refractivity contribution in [1.29, 1.82) is 0 Å². The fourth-order valence-corrected chi connectivity index (χ4v) is 4.71. The number of aromatic carboxylic acids is 1. The highest BCUT2D eigenvalue weighted by Crippen LogP contribution is 2.37. The van der Waals surface area contributed by atoms with E-state index in [-0.39, 0.29) is 41.1 Å². The molecule has 1 saturated carbocycles. The number of carboxylic acids is 1. The molecule has 0 radical (unpaired) electrons. The number of ether oxygens (including phenoxy) is 2. The molecule has 1 fully saturated rings. The number of nitrogens with zero attached hydrogens (tertiary/aromatic N) is 1. The Bertz CT molecular complexity index is 1050. The molecule has 0 saturated heterocycles. The maximum atomic E-state index is 12.6. The average molecular weight is 471 g/mol. The van der Waals surface area contributed by atoms with E-state index in [1.54, 1.807) is 6.07 Å². The van der Waals surface area contributed by atoms with Crippen LogP contribution >= 0.6 is 0 Å². The Kier molecular flexibility index (Phi) is 8.22. The number of benzene rings is 2. The van der Waals surface area contributed by atoms with Crippen LogP contribution in [0.4, 0.5) is 11.4 Å². The van der Waals surface area contributed by atoms with Crippen LogP contribution in [-0.2, 0) is 9.53 Å². The van der Waals surface area contributed by atoms with Crippen molar-refractivity contribution in [3.63, 3.8) is 0 Å². The maximum Gasteiger partial charge on any atom is 0.335 e. The first-order chi connectivity index (χ1) is 16.2. The van der Waals surface area contributed by atoms with Gasteiger partial charge in [-0.05, 0) is 48.4 Å². The van der Waals surface area contributed by atoms with Gasteiger partial charge in [-0.1, -0.05) is 39.7 Å². The number of nitro benzene ring substituents is 1. The van der Waals surface area contributed by atoms with Gasteiger partial charge in [0.05, 0.1) is 16.6 Å². The average Bonchev–Trinajstić information content (AvgIpc) is 2.77. The molecule has 9 heteroatoms. The van der Waals surface area contributed by atoms with Crippen molar-refractivity contribution in [1.82, 2.24) is 0 Å². The van der Waals surface area contributed by atoms with Crippen LogP contribution in [0.2, 0.25) is 0 Å². The van der Waals surface area contributed by atoms with E-state index in [4.69, 9.17) is 14.6 Å². The molecule has 34 heavy (non-hydrogen) atoms. The third-order valence-electron chi connectivity index (χ3n) is 6.19. The third-order valence-corrected chi connectivity index (χ3v) is 6.19. The molecule has 0 aromatic heterocycles. The summed E-state index contributed by atoms with van der Waals surface area (Å²) in [7, 11) is 0. The SMILES string of the molecule is CC(C)C1C(C)CCCC1OCC(=O)Nc1cc(Oc2cccc(C(=O)O)c2)ccc1[N+](=O)[O-]. The molecule has 2 N–H and O–H groups in total. The van der Waals surface area contributed by atoms with Crippen molar-refractivity contribution in [3.05, 3.63) is 58.1 Å². The van der Waals surface area contributed by atoms with Crippen molar-refractivity contribution in [3.8, 4) is 11.5 Å². The van der Waals surface area contributed by atoms with E-state index in [1.165, 1.54) is 36.4 Å². The molecule has 1 aliphatic rings. The van der Waals surface area contributed by atoms with Gasteiger partial charge in [-0.25, -0.2) is 4.79 Å². The second kappa shape index (κ2) is 11.1. The van der Waals surface area contributed by atoms with Crippen molar-refractivity contribution in [2.24, 2.45) is 17.8 Å². The predicted molar refractivity (Wildman–Crippen MR) is 126 cm³/mol. The maximum absolute atomic E-state index is 12.6. The van der Waals surface area contributed by atoms with E-state index >= 15 is 0 Å². The third kappa shape index (κ3) is 6.32. The van der Waals surface area contributed by atoms with Crippen LogP contribution in [0.1, 0.15) is 50.4 Å². The Balaban J connectivity index is 1.71. The van der Waals surface area contributed by atoms with Crippen LogP contribution in [0.3, 0.4) is 0 Å². The Hall–Kier alpha value is -3.46. The molecule has 3 rings (SSSR count). The van der Waals surface area contributed by atoms with E-state index in [0.717, 1.165) is 19.3 Å². The van der Waals surface area contributed by atoms with Gasteiger partial charge in [0, 0.05) is 12.1 Å². The van der Waals surface area contributed by atoms with Gasteiger partial charge in [0.25, 0.3) is 11.6 Å².